The molecule has 10 heteroatoms. The lowest BCUT2D eigenvalue weighted by molar-refractivity contribution is -0.275. The zero-order valence-corrected chi connectivity index (χ0v) is 19.4. The van der Waals surface area contributed by atoms with E-state index in [1.807, 2.05) is 30.3 Å². The van der Waals surface area contributed by atoms with E-state index in [1.165, 1.54) is 41.1 Å². The predicted molar refractivity (Wildman–Crippen MR) is 129 cm³/mol. The molecule has 4 aromatic carbocycles. The third-order valence-corrected chi connectivity index (χ3v) is 5.68. The fraction of sp³-hybridized carbons (Fsp3) is 0.107. The van der Waals surface area contributed by atoms with Gasteiger partial charge in [-0.2, -0.15) is 18.3 Å². The maximum atomic E-state index is 13.7. The number of para-hydroxylation sites is 2. The maximum Gasteiger partial charge on any atom is 0.573 e. The van der Waals surface area contributed by atoms with Crippen LogP contribution >= 0.6 is 0 Å². The molecule has 0 bridgehead atoms. The van der Waals surface area contributed by atoms with Gasteiger partial charge < -0.3 is 9.47 Å². The van der Waals surface area contributed by atoms with Gasteiger partial charge in [-0.05, 0) is 48.0 Å². The van der Waals surface area contributed by atoms with Crippen molar-refractivity contribution in [3.8, 4) is 28.5 Å². The fourth-order valence-electron chi connectivity index (χ4n) is 4.11. The Balaban J connectivity index is 1.54. The molecule has 0 aliphatic rings. The number of aromatic nitrogens is 2. The normalized spacial score (nSPS) is 12.1. The molecule has 0 aliphatic carbocycles. The highest BCUT2D eigenvalue weighted by Crippen LogP contribution is 2.39. The van der Waals surface area contributed by atoms with Crippen molar-refractivity contribution >= 4 is 10.9 Å². The number of nitrogens with zero attached hydrogens (tertiary/aromatic N) is 2. The van der Waals surface area contributed by atoms with Gasteiger partial charge in [0.05, 0.1) is 17.8 Å². The third kappa shape index (κ3) is 5.44. The van der Waals surface area contributed by atoms with E-state index in [1.54, 1.807) is 18.2 Å². The summed E-state index contributed by atoms with van der Waals surface area (Å²) in [6.07, 6.45) is -9.48. The molecule has 0 atom stereocenters. The summed E-state index contributed by atoms with van der Waals surface area (Å²) in [5.41, 5.74) is 0.836. The molecule has 4 nitrogen and oxygen atoms in total. The van der Waals surface area contributed by atoms with E-state index >= 15 is 0 Å². The SMILES string of the molecule is FC(F)(F)Oc1ccccc1Oc1ccc(-c2c3cccc(C(F)(F)F)c3nn2Cc2ccccc2)cc1. The highest BCUT2D eigenvalue weighted by atomic mass is 19.4. The molecule has 5 aromatic rings. The lowest BCUT2D eigenvalue weighted by Crippen LogP contribution is -2.17. The van der Waals surface area contributed by atoms with Gasteiger partial charge in [0.15, 0.2) is 11.5 Å². The summed E-state index contributed by atoms with van der Waals surface area (Å²) in [4.78, 5) is 0. The second-order valence-electron chi connectivity index (χ2n) is 8.31. The summed E-state index contributed by atoms with van der Waals surface area (Å²) < 4.78 is 90.6. The molecule has 0 N–H and O–H groups in total. The third-order valence-electron chi connectivity index (χ3n) is 5.68. The van der Waals surface area contributed by atoms with Crippen molar-refractivity contribution < 1.29 is 35.8 Å². The van der Waals surface area contributed by atoms with E-state index in [2.05, 4.69) is 9.84 Å². The lowest BCUT2D eigenvalue weighted by atomic mass is 10.0. The molecule has 1 aromatic heterocycles. The van der Waals surface area contributed by atoms with Gasteiger partial charge in [-0.25, -0.2) is 0 Å². The Bertz CT molecular complexity index is 1560. The van der Waals surface area contributed by atoms with Gasteiger partial charge in [-0.15, -0.1) is 13.2 Å². The van der Waals surface area contributed by atoms with Crippen LogP contribution < -0.4 is 9.47 Å². The zero-order valence-electron chi connectivity index (χ0n) is 19.4. The molecule has 1 heterocycles. The Morgan fingerprint density at radius 2 is 1.34 bits per heavy atom. The molecular formula is C28H18F6N2O2. The molecule has 0 radical (unpaired) electrons. The molecule has 0 amide bonds. The number of rotatable bonds is 6. The first-order valence-corrected chi connectivity index (χ1v) is 11.3. The van der Waals surface area contributed by atoms with Gasteiger partial charge >= 0.3 is 12.5 Å². The van der Waals surface area contributed by atoms with Crippen LogP contribution in [0.5, 0.6) is 17.2 Å². The molecule has 0 saturated heterocycles. The predicted octanol–water partition coefficient (Wildman–Crippen LogP) is 8.46. The van der Waals surface area contributed by atoms with Gasteiger partial charge in [0.1, 0.15) is 11.3 Å². The maximum absolute atomic E-state index is 13.7. The standard InChI is InChI=1S/C28H18F6N2O2/c29-27(30,31)22-10-6-9-21-25(22)35-36(17-18-7-2-1-3-8-18)26(21)19-13-15-20(16-14-19)37-23-11-4-5-12-24(23)38-28(32,33)34/h1-16H,17H2. The Kier molecular flexibility index (Phi) is 6.48. The molecule has 0 spiro atoms. The largest absolute Gasteiger partial charge is 0.573 e. The molecule has 0 aliphatic heterocycles. The Morgan fingerprint density at radius 3 is 2.00 bits per heavy atom. The Labute approximate surface area is 212 Å². The molecule has 5 rings (SSSR count). The number of hydrogen-bond donors (Lipinski definition) is 0. The minimum absolute atomic E-state index is 0.146. The summed E-state index contributed by atoms with van der Waals surface area (Å²) in [5, 5.41) is 4.64. The van der Waals surface area contributed by atoms with Crippen LogP contribution in [0.2, 0.25) is 0 Å². The molecule has 38 heavy (non-hydrogen) atoms. The van der Waals surface area contributed by atoms with Crippen LogP contribution in [-0.4, -0.2) is 16.1 Å². The van der Waals surface area contributed by atoms with Crippen molar-refractivity contribution in [2.24, 2.45) is 0 Å². The van der Waals surface area contributed by atoms with Crippen LogP contribution in [0.25, 0.3) is 22.2 Å². The average molecular weight is 528 g/mol. The van der Waals surface area contributed by atoms with Crippen LogP contribution in [0.4, 0.5) is 26.3 Å². The second kappa shape index (κ2) is 9.77. The van der Waals surface area contributed by atoms with Crippen LogP contribution in [0.3, 0.4) is 0 Å². The van der Waals surface area contributed by atoms with E-state index in [9.17, 15) is 26.3 Å². The van der Waals surface area contributed by atoms with E-state index < -0.39 is 23.9 Å². The quantitative estimate of drug-likeness (QED) is 0.208. The highest BCUT2D eigenvalue weighted by molar-refractivity contribution is 5.95. The van der Waals surface area contributed by atoms with Crippen LogP contribution in [-0.2, 0) is 12.7 Å². The van der Waals surface area contributed by atoms with Crippen molar-refractivity contribution in [3.05, 3.63) is 108 Å². The van der Waals surface area contributed by atoms with Crippen molar-refractivity contribution in [3.63, 3.8) is 0 Å². The van der Waals surface area contributed by atoms with E-state index in [-0.39, 0.29) is 23.6 Å². The first-order valence-electron chi connectivity index (χ1n) is 11.3. The Hall–Kier alpha value is -4.47. The second-order valence-corrected chi connectivity index (χ2v) is 8.31. The Morgan fingerprint density at radius 1 is 0.684 bits per heavy atom. The minimum Gasteiger partial charge on any atom is -0.453 e. The number of ether oxygens (including phenoxy) is 2. The van der Waals surface area contributed by atoms with Crippen molar-refractivity contribution in [2.45, 2.75) is 19.1 Å². The van der Waals surface area contributed by atoms with Gasteiger partial charge in [0.2, 0.25) is 0 Å². The van der Waals surface area contributed by atoms with Gasteiger partial charge in [0, 0.05) is 10.9 Å². The van der Waals surface area contributed by atoms with E-state index in [0.717, 1.165) is 17.7 Å². The molecule has 194 valence electrons. The number of alkyl halides is 6. The minimum atomic E-state index is -4.89. The van der Waals surface area contributed by atoms with Gasteiger partial charge in [0.25, 0.3) is 0 Å². The first-order chi connectivity index (χ1) is 18.1. The molecule has 0 saturated carbocycles. The summed E-state index contributed by atoms with van der Waals surface area (Å²) in [6, 6.07) is 24.7. The van der Waals surface area contributed by atoms with E-state index in [0.29, 0.717) is 16.6 Å². The van der Waals surface area contributed by atoms with Crippen molar-refractivity contribution in [1.82, 2.24) is 9.78 Å². The van der Waals surface area contributed by atoms with Crippen LogP contribution in [0.1, 0.15) is 11.1 Å². The number of fused-ring (bicyclic) bond motifs is 1. The summed E-state index contributed by atoms with van der Waals surface area (Å²) in [5.74, 6) is -0.441. The van der Waals surface area contributed by atoms with Crippen LogP contribution in [0.15, 0.2) is 97.1 Å². The summed E-state index contributed by atoms with van der Waals surface area (Å²) >= 11 is 0. The lowest BCUT2D eigenvalue weighted by Gasteiger charge is -2.14. The van der Waals surface area contributed by atoms with Crippen LogP contribution in [0, 0.1) is 0 Å². The van der Waals surface area contributed by atoms with Gasteiger partial charge in [-0.1, -0.05) is 54.6 Å². The first kappa shape index (κ1) is 25.2. The average Bonchev–Trinajstić information content (AvgIpc) is 3.22. The monoisotopic (exact) mass is 528 g/mol. The van der Waals surface area contributed by atoms with Crippen molar-refractivity contribution in [2.75, 3.05) is 0 Å². The molecule has 0 unspecified atom stereocenters. The summed E-state index contributed by atoms with van der Waals surface area (Å²) in [7, 11) is 0. The summed E-state index contributed by atoms with van der Waals surface area (Å²) in [6.45, 7) is 0.225. The number of hydrogen-bond acceptors (Lipinski definition) is 3. The van der Waals surface area contributed by atoms with E-state index in [4.69, 9.17) is 4.74 Å². The highest BCUT2D eigenvalue weighted by Gasteiger charge is 2.35. The fourth-order valence-corrected chi connectivity index (χ4v) is 4.11. The topological polar surface area (TPSA) is 36.3 Å². The molecule has 0 fully saturated rings. The van der Waals surface area contributed by atoms with Crippen molar-refractivity contribution in [1.29, 1.82) is 0 Å². The molecular weight excluding hydrogens is 510 g/mol. The number of halogens is 6. The smallest absolute Gasteiger partial charge is 0.453 e. The number of benzene rings is 4. The zero-order chi connectivity index (χ0) is 26.9. The van der Waals surface area contributed by atoms with Gasteiger partial charge in [-0.3, -0.25) is 4.68 Å².